The Labute approximate surface area is 173 Å². The highest BCUT2D eigenvalue weighted by atomic mass is 19.1. The Morgan fingerprint density at radius 3 is 2.60 bits per heavy atom. The molecule has 4 atom stereocenters. The van der Waals surface area contributed by atoms with Gasteiger partial charge in [0.15, 0.2) is 5.72 Å². The Hall–Kier alpha value is -2.20. The normalized spacial score (nSPS) is 35.7. The van der Waals surface area contributed by atoms with Gasteiger partial charge in [-0.2, -0.15) is 14.4 Å². The lowest BCUT2D eigenvalue weighted by atomic mass is 9.54. The first-order valence-corrected chi connectivity index (χ1v) is 10.7. The monoisotopic (exact) mass is 420 g/mol. The predicted octanol–water partition coefficient (Wildman–Crippen LogP) is 1.47. The maximum absolute atomic E-state index is 14.9. The Bertz CT molecular complexity index is 869. The van der Waals surface area contributed by atoms with Crippen molar-refractivity contribution in [3.05, 3.63) is 12.1 Å². The highest BCUT2D eigenvalue weighted by Gasteiger charge is 2.81. The number of amides is 1. The summed E-state index contributed by atoms with van der Waals surface area (Å²) in [6, 6.07) is 0. The highest BCUT2D eigenvalue weighted by Crippen LogP contribution is 2.64. The Kier molecular flexibility index (Phi) is 3.96. The molecule has 4 heterocycles. The van der Waals surface area contributed by atoms with Crippen molar-refractivity contribution in [2.24, 2.45) is 11.8 Å². The van der Waals surface area contributed by atoms with Crippen molar-refractivity contribution in [3.8, 4) is 11.8 Å². The fourth-order valence-corrected chi connectivity index (χ4v) is 5.03. The average molecular weight is 420 g/mol. The van der Waals surface area contributed by atoms with Crippen LogP contribution in [0, 0.1) is 17.7 Å². The summed E-state index contributed by atoms with van der Waals surface area (Å²) in [6.07, 6.45) is 4.00. The number of likely N-dealkylation sites (tertiary alicyclic amines) is 1. The van der Waals surface area contributed by atoms with E-state index >= 15 is 0 Å². The number of piperidine rings is 2. The van der Waals surface area contributed by atoms with Gasteiger partial charge in [0, 0.05) is 6.54 Å². The van der Waals surface area contributed by atoms with Gasteiger partial charge in [-0.3, -0.25) is 4.90 Å². The van der Waals surface area contributed by atoms with E-state index in [4.69, 9.17) is 18.9 Å². The molecule has 0 bridgehead atoms. The standard InChI is InChI=1S/C20H25FN4O5/c1-19(4-5-19)30-18(26)25-8-12-15(13-9-27-20(12,13)25)29-17-14(21)16(23-10-24-17)28-11-2-6-22-7-3-11/h10-13,15,22H,2-9H2,1H3/t12?,13?,15-,20?/m1/s1. The number of nitrogens with one attached hydrogen (secondary N) is 1. The minimum atomic E-state index is -0.675. The first-order valence-electron chi connectivity index (χ1n) is 10.7. The molecule has 1 amide bonds. The molecule has 162 valence electrons. The van der Waals surface area contributed by atoms with Gasteiger partial charge in [-0.1, -0.05) is 0 Å². The molecule has 9 nitrogen and oxygen atoms in total. The number of carbonyl (C=O) groups is 1. The van der Waals surface area contributed by atoms with Crippen LogP contribution in [0.4, 0.5) is 9.18 Å². The van der Waals surface area contributed by atoms with Gasteiger partial charge >= 0.3 is 6.09 Å². The predicted molar refractivity (Wildman–Crippen MR) is 99.4 cm³/mol. The van der Waals surface area contributed by atoms with Gasteiger partial charge in [0.05, 0.1) is 18.4 Å². The number of hydrogen-bond acceptors (Lipinski definition) is 8. The summed E-state index contributed by atoms with van der Waals surface area (Å²) in [6.45, 7) is 4.56. The van der Waals surface area contributed by atoms with Crippen molar-refractivity contribution in [2.75, 3.05) is 26.2 Å². The van der Waals surface area contributed by atoms with Crippen LogP contribution in [0.3, 0.4) is 0 Å². The Balaban J connectivity index is 1.12. The summed E-state index contributed by atoms with van der Waals surface area (Å²) in [5.74, 6) is -0.881. The SMILES string of the molecule is CC1(OC(=O)N2CC3[C@@H](Oc4ncnc(OC5CCNCC5)c4F)C4COC432)CC1. The first-order chi connectivity index (χ1) is 14.5. The molecular weight excluding hydrogens is 395 g/mol. The number of carbonyl (C=O) groups excluding carboxylic acids is 1. The van der Waals surface area contributed by atoms with Crippen LogP contribution in [0.1, 0.15) is 32.6 Å². The second-order valence-electron chi connectivity index (χ2n) is 9.15. The number of rotatable bonds is 5. The van der Waals surface area contributed by atoms with Gasteiger partial charge in [-0.15, -0.1) is 0 Å². The molecule has 1 N–H and O–H groups in total. The lowest BCUT2D eigenvalue weighted by Crippen LogP contribution is -2.92. The van der Waals surface area contributed by atoms with Gasteiger partial charge in [0.1, 0.15) is 24.1 Å². The zero-order valence-electron chi connectivity index (χ0n) is 16.8. The Morgan fingerprint density at radius 1 is 1.23 bits per heavy atom. The molecule has 3 aliphatic heterocycles. The second kappa shape index (κ2) is 6.40. The molecular formula is C20H25FN4O5. The molecule has 2 saturated carbocycles. The van der Waals surface area contributed by atoms with E-state index in [1.807, 2.05) is 6.92 Å². The molecule has 10 heteroatoms. The largest absolute Gasteiger partial charge is 0.472 e. The van der Waals surface area contributed by atoms with E-state index in [1.54, 1.807) is 4.90 Å². The van der Waals surface area contributed by atoms with Crippen molar-refractivity contribution >= 4 is 6.09 Å². The van der Waals surface area contributed by atoms with Gasteiger partial charge in [0.25, 0.3) is 11.8 Å². The molecule has 0 aromatic carbocycles. The van der Waals surface area contributed by atoms with Crippen LogP contribution in [-0.2, 0) is 9.47 Å². The van der Waals surface area contributed by atoms with E-state index in [0.717, 1.165) is 38.8 Å². The van der Waals surface area contributed by atoms with Crippen molar-refractivity contribution in [2.45, 2.75) is 56.1 Å². The molecule has 5 aliphatic rings. The molecule has 1 spiro atoms. The van der Waals surface area contributed by atoms with E-state index in [-0.39, 0.29) is 47.5 Å². The third kappa shape index (κ3) is 2.62. The number of halogens is 1. The molecule has 2 aliphatic carbocycles. The van der Waals surface area contributed by atoms with Crippen LogP contribution in [0.5, 0.6) is 11.8 Å². The van der Waals surface area contributed by atoms with Crippen LogP contribution in [0.15, 0.2) is 6.33 Å². The zero-order chi connectivity index (χ0) is 20.5. The van der Waals surface area contributed by atoms with Gasteiger partial charge in [0.2, 0.25) is 5.82 Å². The number of ether oxygens (including phenoxy) is 4. The fraction of sp³-hybridized carbons (Fsp3) is 0.750. The summed E-state index contributed by atoms with van der Waals surface area (Å²) in [4.78, 5) is 22.1. The van der Waals surface area contributed by atoms with E-state index in [0.29, 0.717) is 13.2 Å². The third-order valence-corrected chi connectivity index (χ3v) is 7.20. The van der Waals surface area contributed by atoms with E-state index in [9.17, 15) is 9.18 Å². The van der Waals surface area contributed by atoms with Gasteiger partial charge < -0.3 is 24.3 Å². The van der Waals surface area contributed by atoms with Gasteiger partial charge in [-0.05, 0) is 45.7 Å². The van der Waals surface area contributed by atoms with Crippen molar-refractivity contribution in [3.63, 3.8) is 0 Å². The van der Waals surface area contributed by atoms with E-state index in [2.05, 4.69) is 15.3 Å². The van der Waals surface area contributed by atoms with Crippen LogP contribution < -0.4 is 14.8 Å². The lowest BCUT2D eigenvalue weighted by Gasteiger charge is -2.75. The molecule has 5 fully saturated rings. The second-order valence-corrected chi connectivity index (χ2v) is 9.15. The Morgan fingerprint density at radius 2 is 1.97 bits per heavy atom. The van der Waals surface area contributed by atoms with Crippen LogP contribution in [0.2, 0.25) is 0 Å². The highest BCUT2D eigenvalue weighted by molar-refractivity contribution is 5.72. The van der Waals surface area contributed by atoms with E-state index < -0.39 is 11.5 Å². The summed E-state index contributed by atoms with van der Waals surface area (Å²) < 4.78 is 38.0. The molecule has 30 heavy (non-hydrogen) atoms. The molecule has 1 aromatic rings. The van der Waals surface area contributed by atoms with Crippen LogP contribution in [-0.4, -0.2) is 70.7 Å². The molecule has 6 rings (SSSR count). The topological polar surface area (TPSA) is 95.0 Å². The molecule has 0 radical (unpaired) electrons. The van der Waals surface area contributed by atoms with E-state index in [1.165, 1.54) is 6.33 Å². The number of aromatic nitrogens is 2. The summed E-state index contributed by atoms with van der Waals surface area (Å²) >= 11 is 0. The van der Waals surface area contributed by atoms with Crippen molar-refractivity contribution in [1.82, 2.24) is 20.2 Å². The smallest absolute Gasteiger partial charge is 0.412 e. The summed E-state index contributed by atoms with van der Waals surface area (Å²) in [5.41, 5.74) is -0.975. The van der Waals surface area contributed by atoms with Crippen LogP contribution in [0.25, 0.3) is 0 Å². The maximum Gasteiger partial charge on any atom is 0.412 e. The van der Waals surface area contributed by atoms with Crippen molar-refractivity contribution < 1.29 is 28.1 Å². The zero-order valence-corrected chi connectivity index (χ0v) is 16.8. The minimum Gasteiger partial charge on any atom is -0.472 e. The quantitative estimate of drug-likeness (QED) is 0.765. The number of nitrogens with zero attached hydrogens (tertiary/aromatic N) is 3. The average Bonchev–Trinajstić information content (AvgIpc) is 3.40. The third-order valence-electron chi connectivity index (χ3n) is 7.20. The van der Waals surface area contributed by atoms with Crippen molar-refractivity contribution in [1.29, 1.82) is 0 Å². The molecule has 3 saturated heterocycles. The summed E-state index contributed by atoms with van der Waals surface area (Å²) in [7, 11) is 0. The summed E-state index contributed by atoms with van der Waals surface area (Å²) in [5, 5.41) is 3.25. The minimum absolute atomic E-state index is 0.0149. The maximum atomic E-state index is 14.9. The molecule has 1 aromatic heterocycles. The molecule has 3 unspecified atom stereocenters. The fourth-order valence-electron chi connectivity index (χ4n) is 5.03. The number of hydrogen-bond donors (Lipinski definition) is 1. The first kappa shape index (κ1) is 18.6. The van der Waals surface area contributed by atoms with Gasteiger partial charge in [-0.25, -0.2) is 4.79 Å². The lowest BCUT2D eigenvalue weighted by molar-refractivity contribution is -0.444. The van der Waals surface area contributed by atoms with Crippen LogP contribution >= 0.6 is 0 Å².